The topological polar surface area (TPSA) is 73.2 Å². The standard InChI is InChI=1S/C12H19N3O3S/c1-5-11-8(2)12-6-10(15(16)19(4,17)18)7-14(12)9(3)13-11/h5,10-11,16H,1,6-7H2,2-4H3/t10-,11-/m0/s1. The minimum atomic E-state index is -3.60. The summed E-state index contributed by atoms with van der Waals surface area (Å²) in [5, 5.41) is 9.76. The molecule has 0 unspecified atom stereocenters. The van der Waals surface area contributed by atoms with Gasteiger partial charge in [0.05, 0.1) is 18.3 Å². The highest BCUT2D eigenvalue weighted by atomic mass is 32.2. The van der Waals surface area contributed by atoms with Crippen LogP contribution in [0, 0.1) is 0 Å². The van der Waals surface area contributed by atoms with Crippen LogP contribution in [0.2, 0.25) is 0 Å². The van der Waals surface area contributed by atoms with Crippen LogP contribution in [0.3, 0.4) is 0 Å². The predicted molar refractivity (Wildman–Crippen MR) is 73.4 cm³/mol. The first-order valence-corrected chi connectivity index (χ1v) is 7.93. The molecule has 0 aromatic rings. The van der Waals surface area contributed by atoms with Crippen LogP contribution in [0.4, 0.5) is 0 Å². The minimum absolute atomic E-state index is 0.0598. The number of aliphatic imine (C=N–C) groups is 1. The average molecular weight is 285 g/mol. The maximum absolute atomic E-state index is 11.4. The fourth-order valence-corrected chi connectivity index (χ4v) is 3.29. The smallest absolute Gasteiger partial charge is 0.233 e. The van der Waals surface area contributed by atoms with Crippen molar-refractivity contribution in [2.75, 3.05) is 12.8 Å². The molecule has 0 aromatic heterocycles. The molecule has 0 aromatic carbocycles. The zero-order valence-corrected chi connectivity index (χ0v) is 12.2. The molecule has 1 saturated heterocycles. The van der Waals surface area contributed by atoms with Gasteiger partial charge in [0.2, 0.25) is 10.0 Å². The van der Waals surface area contributed by atoms with Gasteiger partial charge in [-0.3, -0.25) is 10.2 Å². The number of nitrogens with zero attached hydrogens (tertiary/aromatic N) is 3. The third-order valence-corrected chi connectivity index (χ3v) is 4.62. The van der Waals surface area contributed by atoms with Crippen LogP contribution in [0.25, 0.3) is 0 Å². The Bertz CT molecular complexity index is 565. The summed E-state index contributed by atoms with van der Waals surface area (Å²) in [6, 6.07) is -0.524. The Balaban J connectivity index is 2.32. The summed E-state index contributed by atoms with van der Waals surface area (Å²) < 4.78 is 23.3. The van der Waals surface area contributed by atoms with Crippen LogP contribution < -0.4 is 0 Å². The maximum Gasteiger partial charge on any atom is 0.233 e. The van der Waals surface area contributed by atoms with E-state index >= 15 is 0 Å². The molecule has 1 fully saturated rings. The van der Waals surface area contributed by atoms with Crippen LogP contribution in [-0.4, -0.2) is 53.7 Å². The Morgan fingerprint density at radius 2 is 2.16 bits per heavy atom. The molecule has 0 radical (unpaired) electrons. The first-order valence-electron chi connectivity index (χ1n) is 6.08. The van der Waals surface area contributed by atoms with E-state index in [9.17, 15) is 13.6 Å². The van der Waals surface area contributed by atoms with Gasteiger partial charge in [0.1, 0.15) is 5.84 Å². The van der Waals surface area contributed by atoms with Crippen molar-refractivity contribution in [3.8, 4) is 0 Å². The van der Waals surface area contributed by atoms with Crippen molar-refractivity contribution in [1.29, 1.82) is 0 Å². The van der Waals surface area contributed by atoms with Gasteiger partial charge < -0.3 is 4.90 Å². The Labute approximate surface area is 113 Å². The van der Waals surface area contributed by atoms with Crippen molar-refractivity contribution >= 4 is 15.9 Å². The van der Waals surface area contributed by atoms with E-state index in [0.717, 1.165) is 23.4 Å². The highest BCUT2D eigenvalue weighted by molar-refractivity contribution is 7.88. The highest BCUT2D eigenvalue weighted by Gasteiger charge is 2.38. The molecule has 0 saturated carbocycles. The average Bonchev–Trinajstić information content (AvgIpc) is 2.77. The van der Waals surface area contributed by atoms with Gasteiger partial charge in [-0.25, -0.2) is 8.42 Å². The van der Waals surface area contributed by atoms with Gasteiger partial charge in [-0.2, -0.15) is 0 Å². The third-order valence-electron chi connectivity index (χ3n) is 3.64. The summed E-state index contributed by atoms with van der Waals surface area (Å²) in [7, 11) is -3.60. The van der Waals surface area contributed by atoms with Gasteiger partial charge in [-0.1, -0.05) is 10.5 Å². The molecule has 2 rings (SSSR count). The van der Waals surface area contributed by atoms with Gasteiger partial charge >= 0.3 is 0 Å². The molecule has 106 valence electrons. The first-order chi connectivity index (χ1) is 8.75. The predicted octanol–water partition coefficient (Wildman–Crippen LogP) is 0.972. The van der Waals surface area contributed by atoms with Crippen LogP contribution in [0.1, 0.15) is 20.3 Å². The quantitative estimate of drug-likeness (QED) is 0.619. The second-order valence-corrected chi connectivity index (χ2v) is 6.83. The molecular formula is C12H19N3O3S. The summed E-state index contributed by atoms with van der Waals surface area (Å²) in [5.41, 5.74) is 2.09. The van der Waals surface area contributed by atoms with Crippen LogP contribution in [-0.2, 0) is 10.0 Å². The number of hydrogen-bond donors (Lipinski definition) is 1. The second-order valence-electron chi connectivity index (χ2n) is 4.99. The lowest BCUT2D eigenvalue weighted by Gasteiger charge is -2.29. The van der Waals surface area contributed by atoms with Gasteiger partial charge in [0.25, 0.3) is 0 Å². The van der Waals surface area contributed by atoms with E-state index in [0.29, 0.717) is 17.4 Å². The molecule has 19 heavy (non-hydrogen) atoms. The molecule has 0 amide bonds. The summed E-state index contributed by atoms with van der Waals surface area (Å²) in [6.07, 6.45) is 3.26. The Kier molecular flexibility index (Phi) is 3.55. The van der Waals surface area contributed by atoms with Crippen molar-refractivity contribution in [2.24, 2.45) is 4.99 Å². The Morgan fingerprint density at radius 3 is 2.68 bits per heavy atom. The number of amidine groups is 1. The summed E-state index contributed by atoms with van der Waals surface area (Å²) in [6.45, 7) is 8.04. The molecular weight excluding hydrogens is 266 g/mol. The van der Waals surface area contributed by atoms with Crippen molar-refractivity contribution in [1.82, 2.24) is 9.37 Å². The number of rotatable bonds is 3. The second kappa shape index (κ2) is 4.73. The van der Waals surface area contributed by atoms with Gasteiger partial charge in [0.15, 0.2) is 0 Å². The zero-order chi connectivity index (χ0) is 14.4. The number of hydroxylamine groups is 1. The molecule has 0 spiro atoms. The molecule has 2 heterocycles. The third kappa shape index (κ3) is 2.45. The summed E-state index contributed by atoms with van der Waals surface area (Å²) >= 11 is 0. The van der Waals surface area contributed by atoms with Crippen LogP contribution in [0.5, 0.6) is 0 Å². The van der Waals surface area contributed by atoms with Crippen molar-refractivity contribution < 1.29 is 13.6 Å². The number of fused-ring (bicyclic) bond motifs is 1. The van der Waals surface area contributed by atoms with Crippen LogP contribution >= 0.6 is 0 Å². The highest BCUT2D eigenvalue weighted by Crippen LogP contribution is 2.33. The molecule has 0 bridgehead atoms. The maximum atomic E-state index is 11.4. The van der Waals surface area contributed by atoms with Crippen molar-refractivity contribution in [3.05, 3.63) is 23.9 Å². The fourth-order valence-electron chi connectivity index (χ4n) is 2.61. The number of sulfonamides is 1. The Hall–Kier alpha value is -1.18. The van der Waals surface area contributed by atoms with E-state index in [1.54, 1.807) is 6.08 Å². The summed E-state index contributed by atoms with van der Waals surface area (Å²) in [4.78, 5) is 6.46. The SMILES string of the molecule is C=C[C@@H]1N=C(C)N2C[C@@H](N(O)S(C)(=O)=O)CC2=C1C. The van der Waals surface area contributed by atoms with Crippen LogP contribution in [0.15, 0.2) is 28.9 Å². The zero-order valence-electron chi connectivity index (χ0n) is 11.4. The molecule has 1 N–H and O–H groups in total. The molecule has 6 nitrogen and oxygen atoms in total. The molecule has 0 aliphatic carbocycles. The van der Waals surface area contributed by atoms with E-state index in [1.165, 1.54) is 0 Å². The van der Waals surface area contributed by atoms with E-state index in [1.807, 2.05) is 18.7 Å². The lowest BCUT2D eigenvalue weighted by molar-refractivity contribution is -0.0298. The molecule has 7 heteroatoms. The van der Waals surface area contributed by atoms with Crippen molar-refractivity contribution in [3.63, 3.8) is 0 Å². The summed E-state index contributed by atoms with van der Waals surface area (Å²) in [5.74, 6) is 0.829. The van der Waals surface area contributed by atoms with E-state index in [4.69, 9.17) is 0 Å². The lowest BCUT2D eigenvalue weighted by atomic mass is 10.0. The Morgan fingerprint density at radius 1 is 1.53 bits per heavy atom. The normalized spacial score (nSPS) is 27.6. The van der Waals surface area contributed by atoms with Gasteiger partial charge in [-0.15, -0.1) is 6.58 Å². The first kappa shape index (κ1) is 14.2. The molecule has 2 aliphatic rings. The lowest BCUT2D eigenvalue weighted by Crippen LogP contribution is -2.40. The van der Waals surface area contributed by atoms with E-state index in [-0.39, 0.29) is 6.04 Å². The van der Waals surface area contributed by atoms with E-state index < -0.39 is 16.1 Å². The van der Waals surface area contributed by atoms with Gasteiger partial charge in [-0.05, 0) is 19.4 Å². The molecule has 2 atom stereocenters. The fraction of sp³-hybridized carbons (Fsp3) is 0.583. The van der Waals surface area contributed by atoms with Gasteiger partial charge in [0, 0.05) is 18.7 Å². The minimum Gasteiger partial charge on any atom is -0.332 e. The van der Waals surface area contributed by atoms with E-state index in [2.05, 4.69) is 11.6 Å². The number of hydrogen-bond acceptors (Lipinski definition) is 5. The molecule has 2 aliphatic heterocycles. The monoisotopic (exact) mass is 285 g/mol. The van der Waals surface area contributed by atoms with Crippen molar-refractivity contribution in [2.45, 2.75) is 32.4 Å². The largest absolute Gasteiger partial charge is 0.332 e.